The molecule has 1 N–H and O–H groups in total. The lowest BCUT2D eigenvalue weighted by Gasteiger charge is -2.35. The molecule has 1 aromatic carbocycles. The van der Waals surface area contributed by atoms with Gasteiger partial charge in [0.25, 0.3) is 0 Å². The zero-order chi connectivity index (χ0) is 13.0. The van der Waals surface area contributed by atoms with E-state index in [0.717, 1.165) is 12.8 Å². The summed E-state index contributed by atoms with van der Waals surface area (Å²) in [6.45, 7) is 2.71. The van der Waals surface area contributed by atoms with Crippen LogP contribution in [0, 0.1) is 0 Å². The topological polar surface area (TPSA) is 30.5 Å². The van der Waals surface area contributed by atoms with Gasteiger partial charge in [-0.15, -0.1) is 0 Å². The van der Waals surface area contributed by atoms with Crippen LogP contribution >= 0.6 is 0 Å². The van der Waals surface area contributed by atoms with Crippen molar-refractivity contribution >= 4 is 0 Å². The number of nitrogens with one attached hydrogen (secondary N) is 1. The number of methoxy groups -OCH3 is 1. The number of benzene rings is 1. The molecule has 0 amide bonds. The van der Waals surface area contributed by atoms with Crippen LogP contribution in [0.5, 0.6) is 0 Å². The largest absolute Gasteiger partial charge is 0.382 e. The zero-order valence-electron chi connectivity index (χ0n) is 11.5. The summed E-state index contributed by atoms with van der Waals surface area (Å²) >= 11 is 0. The predicted molar refractivity (Wildman–Crippen MR) is 72.8 cm³/mol. The van der Waals surface area contributed by atoms with Crippen LogP contribution in [0.15, 0.2) is 24.3 Å². The summed E-state index contributed by atoms with van der Waals surface area (Å²) in [5.41, 5.74) is 2.82. The minimum absolute atomic E-state index is 0.140. The second-order valence-corrected chi connectivity index (χ2v) is 4.94. The van der Waals surface area contributed by atoms with E-state index in [1.807, 2.05) is 7.05 Å². The summed E-state index contributed by atoms with van der Waals surface area (Å²) in [6, 6.07) is 8.92. The minimum atomic E-state index is 0.140. The Morgan fingerprint density at radius 3 is 2.89 bits per heavy atom. The Hall–Kier alpha value is -0.900. The Kier molecular flexibility index (Phi) is 4.75. The molecular formula is C15H23NO2. The molecule has 3 heteroatoms. The monoisotopic (exact) mass is 249 g/mol. The lowest BCUT2D eigenvalue weighted by Crippen LogP contribution is -2.38. The molecule has 0 heterocycles. The van der Waals surface area contributed by atoms with E-state index in [1.165, 1.54) is 11.1 Å². The van der Waals surface area contributed by atoms with E-state index >= 15 is 0 Å². The van der Waals surface area contributed by atoms with Gasteiger partial charge in [0.15, 0.2) is 0 Å². The third-order valence-electron chi connectivity index (χ3n) is 3.58. The van der Waals surface area contributed by atoms with Gasteiger partial charge in [0, 0.05) is 7.11 Å². The number of hydrogen-bond acceptors (Lipinski definition) is 3. The molecule has 0 aliphatic heterocycles. The molecule has 1 aromatic rings. The molecule has 0 bridgehead atoms. The van der Waals surface area contributed by atoms with E-state index in [-0.39, 0.29) is 18.2 Å². The van der Waals surface area contributed by atoms with Gasteiger partial charge in [-0.05, 0) is 37.9 Å². The molecule has 0 radical (unpaired) electrons. The highest BCUT2D eigenvalue weighted by Crippen LogP contribution is 2.32. The Morgan fingerprint density at radius 2 is 2.17 bits per heavy atom. The Labute approximate surface area is 109 Å². The van der Waals surface area contributed by atoms with Gasteiger partial charge in [-0.3, -0.25) is 0 Å². The first-order chi connectivity index (χ1) is 8.76. The normalized spacial score (nSPS) is 24.6. The fraction of sp³-hybridized carbons (Fsp3) is 0.600. The maximum absolute atomic E-state index is 6.10. The van der Waals surface area contributed by atoms with Crippen molar-refractivity contribution in [2.45, 2.75) is 38.0 Å². The summed E-state index contributed by atoms with van der Waals surface area (Å²) in [4.78, 5) is 0. The Bertz CT molecular complexity index is 381. The molecule has 0 saturated carbocycles. The molecule has 100 valence electrons. The Balaban J connectivity index is 2.10. The second kappa shape index (κ2) is 6.32. The van der Waals surface area contributed by atoms with Crippen molar-refractivity contribution in [1.82, 2.24) is 5.32 Å². The molecule has 3 unspecified atom stereocenters. The maximum Gasteiger partial charge on any atom is 0.0785 e. The van der Waals surface area contributed by atoms with Crippen LogP contribution in [0.25, 0.3) is 0 Å². The standard InChI is InChI=1S/C15H23NO2/c1-11(10-17-3)18-14-9-8-12-6-4-5-7-13(12)15(14)16-2/h4-7,11,14-16H,8-10H2,1-3H3. The van der Waals surface area contributed by atoms with Gasteiger partial charge in [0.2, 0.25) is 0 Å². The van der Waals surface area contributed by atoms with Crippen LogP contribution < -0.4 is 5.32 Å². The summed E-state index contributed by atoms with van der Waals surface area (Å²) in [7, 11) is 3.72. The van der Waals surface area contributed by atoms with Crippen LogP contribution in [0.2, 0.25) is 0 Å². The van der Waals surface area contributed by atoms with Gasteiger partial charge in [0.05, 0.1) is 24.9 Å². The number of fused-ring (bicyclic) bond motifs is 1. The first-order valence-corrected chi connectivity index (χ1v) is 6.65. The number of likely N-dealkylation sites (N-methyl/N-ethyl adjacent to an activating group) is 1. The van der Waals surface area contributed by atoms with Crippen LogP contribution in [-0.2, 0) is 15.9 Å². The van der Waals surface area contributed by atoms with Crippen molar-refractivity contribution in [2.24, 2.45) is 0 Å². The average Bonchev–Trinajstić information content (AvgIpc) is 2.38. The molecule has 1 aliphatic carbocycles. The molecule has 0 aromatic heterocycles. The summed E-state index contributed by atoms with van der Waals surface area (Å²) < 4.78 is 11.2. The number of aryl methyl sites for hydroxylation is 1. The first kappa shape index (κ1) is 13.5. The fourth-order valence-corrected chi connectivity index (χ4v) is 2.79. The molecule has 18 heavy (non-hydrogen) atoms. The number of hydrogen-bond donors (Lipinski definition) is 1. The van der Waals surface area contributed by atoms with Gasteiger partial charge in [-0.25, -0.2) is 0 Å². The third kappa shape index (κ3) is 2.91. The molecule has 0 saturated heterocycles. The quantitative estimate of drug-likeness (QED) is 0.868. The van der Waals surface area contributed by atoms with Gasteiger partial charge in [0.1, 0.15) is 0 Å². The van der Waals surface area contributed by atoms with Crippen molar-refractivity contribution < 1.29 is 9.47 Å². The third-order valence-corrected chi connectivity index (χ3v) is 3.58. The highest BCUT2D eigenvalue weighted by atomic mass is 16.5. The van der Waals surface area contributed by atoms with Gasteiger partial charge in [-0.2, -0.15) is 0 Å². The highest BCUT2D eigenvalue weighted by molar-refractivity contribution is 5.33. The van der Waals surface area contributed by atoms with E-state index in [1.54, 1.807) is 7.11 Å². The highest BCUT2D eigenvalue weighted by Gasteiger charge is 2.29. The van der Waals surface area contributed by atoms with Crippen molar-refractivity contribution in [3.05, 3.63) is 35.4 Å². The van der Waals surface area contributed by atoms with E-state index in [2.05, 4.69) is 36.5 Å². The van der Waals surface area contributed by atoms with E-state index in [9.17, 15) is 0 Å². The summed E-state index contributed by atoms with van der Waals surface area (Å²) in [6.07, 6.45) is 2.53. The lowest BCUT2D eigenvalue weighted by atomic mass is 9.85. The summed E-state index contributed by atoms with van der Waals surface area (Å²) in [5.74, 6) is 0. The van der Waals surface area contributed by atoms with Crippen LogP contribution in [0.4, 0.5) is 0 Å². The molecule has 3 nitrogen and oxygen atoms in total. The summed E-state index contributed by atoms with van der Waals surface area (Å²) in [5, 5.41) is 3.39. The van der Waals surface area contributed by atoms with Crippen LogP contribution in [0.1, 0.15) is 30.5 Å². The van der Waals surface area contributed by atoms with Crippen molar-refractivity contribution in [3.63, 3.8) is 0 Å². The first-order valence-electron chi connectivity index (χ1n) is 6.65. The van der Waals surface area contributed by atoms with Crippen molar-refractivity contribution in [1.29, 1.82) is 0 Å². The fourth-order valence-electron chi connectivity index (χ4n) is 2.79. The number of rotatable bonds is 5. The van der Waals surface area contributed by atoms with E-state index in [4.69, 9.17) is 9.47 Å². The van der Waals surface area contributed by atoms with Crippen LogP contribution in [0.3, 0.4) is 0 Å². The minimum Gasteiger partial charge on any atom is -0.382 e. The predicted octanol–water partition coefficient (Wildman–Crippen LogP) is 2.31. The van der Waals surface area contributed by atoms with E-state index in [0.29, 0.717) is 6.61 Å². The molecule has 0 fully saturated rings. The molecule has 0 spiro atoms. The van der Waals surface area contributed by atoms with Gasteiger partial charge < -0.3 is 14.8 Å². The Morgan fingerprint density at radius 1 is 1.39 bits per heavy atom. The molecular weight excluding hydrogens is 226 g/mol. The molecule has 2 rings (SSSR count). The molecule has 1 aliphatic rings. The number of ether oxygens (including phenoxy) is 2. The average molecular weight is 249 g/mol. The smallest absolute Gasteiger partial charge is 0.0785 e. The molecule has 3 atom stereocenters. The zero-order valence-corrected chi connectivity index (χ0v) is 11.5. The second-order valence-electron chi connectivity index (χ2n) is 4.94. The van der Waals surface area contributed by atoms with Crippen molar-refractivity contribution in [2.75, 3.05) is 20.8 Å². The van der Waals surface area contributed by atoms with Crippen LogP contribution in [-0.4, -0.2) is 33.0 Å². The maximum atomic E-state index is 6.10. The van der Waals surface area contributed by atoms with Crippen molar-refractivity contribution in [3.8, 4) is 0 Å². The van der Waals surface area contributed by atoms with E-state index < -0.39 is 0 Å². The van der Waals surface area contributed by atoms with Gasteiger partial charge in [-0.1, -0.05) is 24.3 Å². The SMILES string of the molecule is CNC1c2ccccc2CCC1OC(C)COC. The lowest BCUT2D eigenvalue weighted by molar-refractivity contribution is -0.0588. The van der Waals surface area contributed by atoms with Gasteiger partial charge >= 0.3 is 0 Å².